The van der Waals surface area contributed by atoms with E-state index in [4.69, 9.17) is 16.3 Å². The summed E-state index contributed by atoms with van der Waals surface area (Å²) in [5, 5.41) is 5.65. The maximum Gasteiger partial charge on any atom is 0.471 e. The first-order chi connectivity index (χ1) is 10.4. The maximum atomic E-state index is 12.4. The Hall–Kier alpha value is -2.29. The van der Waals surface area contributed by atoms with E-state index in [-0.39, 0.29) is 23.9 Å². The van der Waals surface area contributed by atoms with Gasteiger partial charge in [0.2, 0.25) is 5.82 Å². The number of anilines is 1. The molecule has 0 bridgehead atoms. The van der Waals surface area contributed by atoms with E-state index in [1.165, 1.54) is 24.3 Å². The smallest absolute Gasteiger partial charge is 0.448 e. The lowest BCUT2D eigenvalue weighted by Crippen LogP contribution is -2.14. The molecule has 0 saturated carbocycles. The summed E-state index contributed by atoms with van der Waals surface area (Å²) in [4.78, 5) is 14.6. The van der Waals surface area contributed by atoms with Crippen LogP contribution in [0.5, 0.6) is 0 Å². The summed E-state index contributed by atoms with van der Waals surface area (Å²) in [6.45, 7) is 0.0346. The first kappa shape index (κ1) is 16.1. The minimum atomic E-state index is -4.72. The van der Waals surface area contributed by atoms with Gasteiger partial charge in [0, 0.05) is 11.3 Å². The van der Waals surface area contributed by atoms with Crippen LogP contribution in [-0.4, -0.2) is 28.7 Å². The van der Waals surface area contributed by atoms with Gasteiger partial charge in [0.1, 0.15) is 6.61 Å². The Morgan fingerprint density at radius 1 is 1.41 bits per heavy atom. The summed E-state index contributed by atoms with van der Waals surface area (Å²) >= 11 is 5.37. The number of amides is 1. The number of halogens is 4. The van der Waals surface area contributed by atoms with Crippen molar-refractivity contribution in [2.24, 2.45) is 0 Å². The highest BCUT2D eigenvalue weighted by atomic mass is 35.5. The molecule has 0 atom stereocenters. The zero-order valence-electron chi connectivity index (χ0n) is 10.9. The first-order valence-corrected chi connectivity index (χ1v) is 6.44. The van der Waals surface area contributed by atoms with Crippen molar-refractivity contribution in [2.75, 3.05) is 17.8 Å². The van der Waals surface area contributed by atoms with Gasteiger partial charge in [-0.15, -0.1) is 11.6 Å². The third-order valence-corrected chi connectivity index (χ3v) is 2.50. The molecule has 1 N–H and O–H groups in total. The summed E-state index contributed by atoms with van der Waals surface area (Å²) < 4.78 is 46.1. The molecule has 0 aliphatic heterocycles. The number of nitrogens with zero attached hydrogens (tertiary/aromatic N) is 2. The first-order valence-electron chi connectivity index (χ1n) is 5.91. The molecule has 0 aliphatic carbocycles. The molecular weight excluding hydrogens is 327 g/mol. The lowest BCUT2D eigenvalue weighted by molar-refractivity contribution is -0.159. The van der Waals surface area contributed by atoms with Crippen molar-refractivity contribution in [2.45, 2.75) is 6.18 Å². The van der Waals surface area contributed by atoms with E-state index < -0.39 is 18.2 Å². The van der Waals surface area contributed by atoms with Crippen molar-refractivity contribution >= 4 is 23.4 Å². The highest BCUT2D eigenvalue weighted by Crippen LogP contribution is 2.29. The predicted molar refractivity (Wildman–Crippen MR) is 70.4 cm³/mol. The summed E-state index contributed by atoms with van der Waals surface area (Å²) in [5.41, 5.74) is 0.546. The highest BCUT2D eigenvalue weighted by Gasteiger charge is 2.38. The molecule has 2 rings (SSSR count). The predicted octanol–water partition coefficient (Wildman–Crippen LogP) is 3.54. The Labute approximate surface area is 127 Å². The number of ether oxygens (including phenoxy) is 1. The Kier molecular flexibility index (Phi) is 4.86. The Balaban J connectivity index is 2.14. The Bertz CT molecular complexity index is 660. The molecule has 118 valence electrons. The zero-order chi connectivity index (χ0) is 16.2. The van der Waals surface area contributed by atoms with Crippen LogP contribution in [-0.2, 0) is 10.9 Å². The number of carbonyl (C=O) groups excluding carboxylic acids is 1. The van der Waals surface area contributed by atoms with E-state index in [1.807, 2.05) is 0 Å². The Morgan fingerprint density at radius 3 is 2.82 bits per heavy atom. The van der Waals surface area contributed by atoms with Gasteiger partial charge in [-0.1, -0.05) is 17.3 Å². The highest BCUT2D eigenvalue weighted by molar-refractivity contribution is 6.18. The van der Waals surface area contributed by atoms with Crippen LogP contribution in [0.3, 0.4) is 0 Å². The molecule has 0 saturated heterocycles. The maximum absolute atomic E-state index is 12.4. The molecule has 10 heteroatoms. The Morgan fingerprint density at radius 2 is 2.18 bits per heavy atom. The van der Waals surface area contributed by atoms with Crippen LogP contribution < -0.4 is 5.32 Å². The van der Waals surface area contributed by atoms with Gasteiger partial charge in [0.25, 0.3) is 0 Å². The van der Waals surface area contributed by atoms with Gasteiger partial charge in [-0.3, -0.25) is 5.32 Å². The van der Waals surface area contributed by atoms with Gasteiger partial charge >= 0.3 is 18.2 Å². The van der Waals surface area contributed by atoms with Crippen molar-refractivity contribution in [1.29, 1.82) is 0 Å². The van der Waals surface area contributed by atoms with Crippen molar-refractivity contribution in [1.82, 2.24) is 10.1 Å². The van der Waals surface area contributed by atoms with E-state index in [0.29, 0.717) is 5.69 Å². The molecule has 0 radical (unpaired) electrons. The standard InChI is InChI=1S/C12H9ClF3N3O3/c13-4-5-21-11(20)17-8-3-1-2-7(6-8)9-18-10(22-19-9)12(14,15)16/h1-3,6H,4-5H2,(H,17,20). The minimum absolute atomic E-state index is 0.0346. The molecule has 1 aromatic carbocycles. The molecule has 0 unspecified atom stereocenters. The number of aromatic nitrogens is 2. The fourth-order valence-corrected chi connectivity index (χ4v) is 1.55. The van der Waals surface area contributed by atoms with E-state index in [9.17, 15) is 18.0 Å². The lowest BCUT2D eigenvalue weighted by atomic mass is 10.2. The third kappa shape index (κ3) is 4.10. The summed E-state index contributed by atoms with van der Waals surface area (Å²) in [6.07, 6.45) is -5.45. The number of benzene rings is 1. The van der Waals surface area contributed by atoms with E-state index in [0.717, 1.165) is 0 Å². The van der Waals surface area contributed by atoms with Gasteiger partial charge in [-0.05, 0) is 12.1 Å². The van der Waals surface area contributed by atoms with Crippen LogP contribution in [0, 0.1) is 0 Å². The topological polar surface area (TPSA) is 77.3 Å². The monoisotopic (exact) mass is 335 g/mol. The van der Waals surface area contributed by atoms with Crippen molar-refractivity contribution in [3.63, 3.8) is 0 Å². The summed E-state index contributed by atoms with van der Waals surface area (Å²) in [5.74, 6) is -1.54. The number of carbonyl (C=O) groups is 1. The van der Waals surface area contributed by atoms with E-state index >= 15 is 0 Å². The second-order valence-corrected chi connectivity index (χ2v) is 4.33. The van der Waals surface area contributed by atoms with Crippen molar-refractivity contribution < 1.29 is 27.2 Å². The lowest BCUT2D eigenvalue weighted by Gasteiger charge is -2.06. The largest absolute Gasteiger partial charge is 0.471 e. The van der Waals surface area contributed by atoms with Crippen LogP contribution in [0.2, 0.25) is 0 Å². The number of hydrogen-bond donors (Lipinski definition) is 1. The molecule has 1 amide bonds. The quantitative estimate of drug-likeness (QED) is 0.865. The molecule has 2 aromatic rings. The summed E-state index contributed by atoms with van der Waals surface area (Å²) in [6, 6.07) is 5.89. The van der Waals surface area contributed by atoms with Gasteiger partial charge in [0.15, 0.2) is 0 Å². The van der Waals surface area contributed by atoms with Crippen LogP contribution in [0.25, 0.3) is 11.4 Å². The van der Waals surface area contributed by atoms with Gasteiger partial charge in [0.05, 0.1) is 5.88 Å². The summed E-state index contributed by atoms with van der Waals surface area (Å²) in [7, 11) is 0. The molecule has 0 fully saturated rings. The van der Waals surface area contributed by atoms with Gasteiger partial charge < -0.3 is 9.26 Å². The van der Waals surface area contributed by atoms with Gasteiger partial charge in [-0.25, -0.2) is 4.79 Å². The van der Waals surface area contributed by atoms with Gasteiger partial charge in [-0.2, -0.15) is 18.2 Å². The van der Waals surface area contributed by atoms with Crippen molar-refractivity contribution in [3.05, 3.63) is 30.2 Å². The third-order valence-electron chi connectivity index (χ3n) is 2.35. The molecule has 0 aliphatic rings. The normalized spacial score (nSPS) is 11.3. The number of alkyl halides is 4. The molecule has 22 heavy (non-hydrogen) atoms. The average Bonchev–Trinajstić information content (AvgIpc) is 2.95. The molecule has 1 aromatic heterocycles. The van der Waals surface area contributed by atoms with E-state index in [1.54, 1.807) is 0 Å². The number of hydrogen-bond acceptors (Lipinski definition) is 5. The van der Waals surface area contributed by atoms with E-state index in [2.05, 4.69) is 20.0 Å². The fourth-order valence-electron chi connectivity index (χ4n) is 1.48. The van der Waals surface area contributed by atoms with Crippen LogP contribution in [0.1, 0.15) is 5.89 Å². The second-order valence-electron chi connectivity index (χ2n) is 3.95. The molecule has 0 spiro atoms. The number of nitrogens with one attached hydrogen (secondary N) is 1. The van der Waals surface area contributed by atoms with Crippen LogP contribution in [0.4, 0.5) is 23.7 Å². The zero-order valence-corrected chi connectivity index (χ0v) is 11.6. The van der Waals surface area contributed by atoms with Crippen LogP contribution >= 0.6 is 11.6 Å². The minimum Gasteiger partial charge on any atom is -0.448 e. The SMILES string of the molecule is O=C(Nc1cccc(-c2noc(C(F)(F)F)n2)c1)OCCCl. The fraction of sp³-hybridized carbons (Fsp3) is 0.250. The van der Waals surface area contributed by atoms with Crippen LogP contribution in [0.15, 0.2) is 28.8 Å². The molecule has 6 nitrogen and oxygen atoms in total. The molecule has 1 heterocycles. The van der Waals surface area contributed by atoms with Crippen molar-refractivity contribution in [3.8, 4) is 11.4 Å². The second kappa shape index (κ2) is 6.65. The molecular formula is C12H9ClF3N3O3. The number of rotatable bonds is 4. The average molecular weight is 336 g/mol.